The third kappa shape index (κ3) is 4.58. The third-order valence-electron chi connectivity index (χ3n) is 11.8. The van der Waals surface area contributed by atoms with Crippen LogP contribution in [-0.4, -0.2) is 10.3 Å². The van der Waals surface area contributed by atoms with Gasteiger partial charge in [0.25, 0.3) is 0 Å². The van der Waals surface area contributed by atoms with Crippen LogP contribution < -0.4 is 5.32 Å². The summed E-state index contributed by atoms with van der Waals surface area (Å²) in [5.41, 5.74) is 14.3. The van der Waals surface area contributed by atoms with Gasteiger partial charge in [-0.2, -0.15) is 0 Å². The number of para-hydroxylation sites is 1. The lowest BCUT2D eigenvalue weighted by Crippen LogP contribution is -2.25. The van der Waals surface area contributed by atoms with E-state index < -0.39 is 0 Å². The van der Waals surface area contributed by atoms with E-state index in [9.17, 15) is 0 Å². The zero-order valence-electron chi connectivity index (χ0n) is 30.2. The number of nitrogens with one attached hydrogen (secondary N) is 1. The summed E-state index contributed by atoms with van der Waals surface area (Å²) < 4.78 is 2.45. The number of rotatable bonds is 4. The molecular weight excluding hydrogens is 655 g/mol. The number of fused-ring (bicyclic) bond motifs is 8. The molecule has 2 heterocycles. The molecule has 1 atom stereocenters. The Morgan fingerprint density at radius 2 is 1.22 bits per heavy atom. The van der Waals surface area contributed by atoms with Gasteiger partial charge in [-0.3, -0.25) is 4.99 Å². The number of allylic oxidation sites excluding steroid dienone is 1. The van der Waals surface area contributed by atoms with Crippen molar-refractivity contribution >= 4 is 54.8 Å². The molecule has 1 unspecified atom stereocenters. The first kappa shape index (κ1) is 30.9. The van der Waals surface area contributed by atoms with Gasteiger partial charge in [-0.1, -0.05) is 153 Å². The van der Waals surface area contributed by atoms with E-state index >= 15 is 0 Å². The summed E-state index contributed by atoms with van der Waals surface area (Å²) >= 11 is 0. The molecule has 0 saturated heterocycles. The summed E-state index contributed by atoms with van der Waals surface area (Å²) in [4.78, 5) is 5.52. The Hall–Kier alpha value is -6.71. The van der Waals surface area contributed by atoms with Gasteiger partial charge in [0.2, 0.25) is 0 Å². The minimum atomic E-state index is -0.292. The van der Waals surface area contributed by atoms with E-state index in [0.29, 0.717) is 0 Å². The van der Waals surface area contributed by atoms with Crippen LogP contribution in [0.3, 0.4) is 0 Å². The molecule has 256 valence electrons. The predicted molar refractivity (Wildman–Crippen MR) is 227 cm³/mol. The molecule has 8 aromatic carbocycles. The van der Waals surface area contributed by atoms with E-state index in [0.717, 1.165) is 33.8 Å². The predicted octanol–water partition coefficient (Wildman–Crippen LogP) is 12.5. The molecule has 1 aromatic heterocycles. The van der Waals surface area contributed by atoms with Crippen LogP contribution in [0.4, 0.5) is 0 Å². The highest BCUT2D eigenvalue weighted by atomic mass is 15.1. The fourth-order valence-corrected chi connectivity index (χ4v) is 9.15. The van der Waals surface area contributed by atoms with Crippen LogP contribution >= 0.6 is 0 Å². The van der Waals surface area contributed by atoms with Crippen molar-refractivity contribution in [2.24, 2.45) is 4.99 Å². The number of hydrogen-bond donors (Lipinski definition) is 1. The van der Waals surface area contributed by atoms with E-state index in [4.69, 9.17) is 4.99 Å². The van der Waals surface area contributed by atoms with E-state index in [2.05, 4.69) is 200 Å². The Balaban J connectivity index is 1.09. The first-order valence-corrected chi connectivity index (χ1v) is 18.8. The van der Waals surface area contributed by atoms with Crippen molar-refractivity contribution in [3.05, 3.63) is 204 Å². The van der Waals surface area contributed by atoms with Gasteiger partial charge in [0.15, 0.2) is 0 Å². The molecule has 0 radical (unpaired) electrons. The summed E-state index contributed by atoms with van der Waals surface area (Å²) in [6.07, 6.45) is 1.93. The Morgan fingerprint density at radius 1 is 0.519 bits per heavy atom. The van der Waals surface area contributed by atoms with E-state index in [1.165, 1.54) is 65.6 Å². The van der Waals surface area contributed by atoms with Gasteiger partial charge in [0.05, 0.1) is 22.4 Å². The van der Waals surface area contributed by atoms with Crippen LogP contribution in [0.15, 0.2) is 181 Å². The maximum absolute atomic E-state index is 5.52. The molecule has 11 rings (SSSR count). The van der Waals surface area contributed by atoms with Crippen molar-refractivity contribution in [2.75, 3.05) is 0 Å². The Morgan fingerprint density at radius 3 is 2.11 bits per heavy atom. The average Bonchev–Trinajstić information content (AvgIpc) is 3.66. The van der Waals surface area contributed by atoms with E-state index in [1.807, 2.05) is 0 Å². The molecule has 1 aliphatic heterocycles. The molecule has 9 aromatic rings. The smallest absolute Gasteiger partial charge is 0.146 e. The highest BCUT2D eigenvalue weighted by Gasteiger charge is 2.35. The molecule has 0 bridgehead atoms. The van der Waals surface area contributed by atoms with Gasteiger partial charge in [-0.25, -0.2) is 0 Å². The molecule has 54 heavy (non-hydrogen) atoms. The average molecular weight is 692 g/mol. The van der Waals surface area contributed by atoms with Crippen molar-refractivity contribution in [1.29, 1.82) is 0 Å². The van der Waals surface area contributed by atoms with Crippen molar-refractivity contribution in [3.8, 4) is 16.8 Å². The maximum atomic E-state index is 5.52. The van der Waals surface area contributed by atoms with Crippen LogP contribution in [0.25, 0.3) is 65.9 Å². The highest BCUT2D eigenvalue weighted by Crippen LogP contribution is 2.49. The van der Waals surface area contributed by atoms with Crippen LogP contribution in [0.2, 0.25) is 0 Å². The van der Waals surface area contributed by atoms with Crippen molar-refractivity contribution in [2.45, 2.75) is 25.4 Å². The standard InChI is InChI=1S/C51H37N3/c1-51(2)43-23-10-8-18-37(43)38-27-26-35(29-44(38)51)46-31-45(32-14-4-3-5-15-32)52-50(53-46)41-22-12-21-39-36(41)20-13-25-48(39)54-47-24-11-9-19-40(47)42-28-33-16-6-7-17-34(33)30-49(42)54/h3-31,50,52H,1-2H3. The Labute approximate surface area is 314 Å². The fraction of sp³-hybridized carbons (Fsp3) is 0.0784. The lowest BCUT2D eigenvalue weighted by atomic mass is 9.81. The van der Waals surface area contributed by atoms with Crippen molar-refractivity contribution < 1.29 is 0 Å². The van der Waals surface area contributed by atoms with Gasteiger partial charge >= 0.3 is 0 Å². The summed E-state index contributed by atoms with van der Waals surface area (Å²) in [7, 11) is 0. The van der Waals surface area contributed by atoms with Crippen LogP contribution in [0.5, 0.6) is 0 Å². The van der Waals surface area contributed by atoms with Crippen LogP contribution in [0, 0.1) is 0 Å². The largest absolute Gasteiger partial charge is 0.359 e. The second kappa shape index (κ2) is 11.6. The summed E-state index contributed by atoms with van der Waals surface area (Å²) in [5, 5.41) is 11.2. The van der Waals surface area contributed by atoms with Crippen LogP contribution in [-0.2, 0) is 5.41 Å². The summed E-state index contributed by atoms with van der Waals surface area (Å²) in [6, 6.07) is 61.9. The molecule has 1 aliphatic carbocycles. The van der Waals surface area contributed by atoms with E-state index in [1.54, 1.807) is 0 Å². The molecule has 2 aliphatic rings. The Kier molecular flexibility index (Phi) is 6.66. The fourth-order valence-electron chi connectivity index (χ4n) is 9.15. The monoisotopic (exact) mass is 691 g/mol. The van der Waals surface area contributed by atoms with Gasteiger partial charge in [0.1, 0.15) is 6.17 Å². The third-order valence-corrected chi connectivity index (χ3v) is 11.8. The van der Waals surface area contributed by atoms with Gasteiger partial charge in [-0.05, 0) is 80.4 Å². The van der Waals surface area contributed by atoms with Gasteiger partial charge in [0, 0.05) is 38.4 Å². The zero-order chi connectivity index (χ0) is 36.0. The molecule has 0 spiro atoms. The number of hydrogen-bond acceptors (Lipinski definition) is 2. The zero-order valence-corrected chi connectivity index (χ0v) is 30.2. The van der Waals surface area contributed by atoms with Crippen molar-refractivity contribution in [3.63, 3.8) is 0 Å². The second-order valence-electron chi connectivity index (χ2n) is 15.2. The van der Waals surface area contributed by atoms with Crippen molar-refractivity contribution in [1.82, 2.24) is 9.88 Å². The highest BCUT2D eigenvalue weighted by molar-refractivity contribution is 6.15. The summed E-state index contributed by atoms with van der Waals surface area (Å²) in [6.45, 7) is 4.68. The topological polar surface area (TPSA) is 29.3 Å². The summed E-state index contributed by atoms with van der Waals surface area (Å²) in [5.74, 6) is 0. The van der Waals surface area contributed by atoms with Crippen LogP contribution in [0.1, 0.15) is 47.8 Å². The lowest BCUT2D eigenvalue weighted by molar-refractivity contribution is 0.659. The number of aliphatic imine (C=N–C) groups is 1. The minimum absolute atomic E-state index is 0.0913. The quantitative estimate of drug-likeness (QED) is 0.196. The number of benzene rings is 8. The lowest BCUT2D eigenvalue weighted by Gasteiger charge is -2.27. The molecule has 0 fully saturated rings. The first-order valence-electron chi connectivity index (χ1n) is 18.8. The molecule has 0 amide bonds. The van der Waals surface area contributed by atoms with E-state index in [-0.39, 0.29) is 11.6 Å². The maximum Gasteiger partial charge on any atom is 0.146 e. The number of aromatic nitrogens is 1. The SMILES string of the molecule is CC1(C)c2ccccc2-c2ccc(C3=NC(c4cccc5c(-n6c7ccccc7c7cc8ccccc8cc76)cccc45)NC(c4ccccc4)=C3)cc21. The normalized spacial score (nSPS) is 15.9. The minimum Gasteiger partial charge on any atom is -0.359 e. The van der Waals surface area contributed by atoms with Gasteiger partial charge in [-0.15, -0.1) is 0 Å². The van der Waals surface area contributed by atoms with Gasteiger partial charge < -0.3 is 9.88 Å². The molecule has 0 saturated carbocycles. The number of nitrogens with zero attached hydrogens (tertiary/aromatic N) is 2. The molecule has 3 heteroatoms. The molecule has 3 nitrogen and oxygen atoms in total. The molecular formula is C51H37N3. The second-order valence-corrected chi connectivity index (χ2v) is 15.2. The Bertz CT molecular complexity index is 3050. The molecule has 1 N–H and O–H groups in total. The first-order chi connectivity index (χ1) is 26.5.